The fourth-order valence-electron chi connectivity index (χ4n) is 2.85. The Morgan fingerprint density at radius 3 is 2.84 bits per heavy atom. The van der Waals surface area contributed by atoms with Crippen LogP contribution in [0.1, 0.15) is 23.1 Å². The van der Waals surface area contributed by atoms with E-state index in [1.165, 1.54) is 10.5 Å². The van der Waals surface area contributed by atoms with Crippen LogP contribution in [0, 0.1) is 25.2 Å². The van der Waals surface area contributed by atoms with E-state index in [9.17, 15) is 8.42 Å². The zero-order valence-electron chi connectivity index (χ0n) is 14.1. The van der Waals surface area contributed by atoms with Crippen molar-refractivity contribution in [3.63, 3.8) is 0 Å². The van der Waals surface area contributed by atoms with Gasteiger partial charge in [0, 0.05) is 18.8 Å². The summed E-state index contributed by atoms with van der Waals surface area (Å²) in [6.07, 6.45) is 1.82. The van der Waals surface area contributed by atoms with Crippen molar-refractivity contribution in [2.75, 3.05) is 13.1 Å². The van der Waals surface area contributed by atoms with Crippen molar-refractivity contribution >= 4 is 10.0 Å². The van der Waals surface area contributed by atoms with E-state index in [0.717, 1.165) is 11.1 Å². The van der Waals surface area contributed by atoms with E-state index in [2.05, 4.69) is 4.98 Å². The molecule has 0 saturated carbocycles. The quantitative estimate of drug-likeness (QED) is 0.839. The number of aromatic nitrogens is 1. The maximum atomic E-state index is 12.9. The van der Waals surface area contributed by atoms with E-state index < -0.39 is 10.0 Å². The third-order valence-corrected chi connectivity index (χ3v) is 6.23. The third kappa shape index (κ3) is 3.65. The van der Waals surface area contributed by atoms with Crippen LogP contribution in [-0.4, -0.2) is 36.9 Å². The van der Waals surface area contributed by atoms with Crippen molar-refractivity contribution in [1.82, 2.24) is 9.29 Å². The topological polar surface area (TPSA) is 83.3 Å². The standard InChI is InChI=1S/C18H19N3O3S/c1-13-3-4-14(2)17(9-13)25(22,23)21-8-6-16(12-21)24-18-10-15(11-19)5-7-20-18/h3-5,7,9-10,16H,6,8,12H2,1-2H3. The molecule has 1 fully saturated rings. The summed E-state index contributed by atoms with van der Waals surface area (Å²) in [6, 6.07) is 10.6. The Morgan fingerprint density at radius 2 is 2.08 bits per heavy atom. The third-order valence-electron chi connectivity index (χ3n) is 4.22. The molecule has 1 atom stereocenters. The molecule has 6 nitrogen and oxygen atoms in total. The molecule has 3 rings (SSSR count). The van der Waals surface area contributed by atoms with Crippen molar-refractivity contribution in [2.24, 2.45) is 0 Å². The highest BCUT2D eigenvalue weighted by atomic mass is 32.2. The van der Waals surface area contributed by atoms with Crippen LogP contribution in [0.5, 0.6) is 5.88 Å². The Balaban J connectivity index is 1.76. The number of hydrogen-bond acceptors (Lipinski definition) is 5. The molecule has 7 heteroatoms. The molecule has 0 amide bonds. The predicted molar refractivity (Wildman–Crippen MR) is 92.7 cm³/mol. The summed E-state index contributed by atoms with van der Waals surface area (Å²) in [5.74, 6) is 0.343. The van der Waals surface area contributed by atoms with Gasteiger partial charge in [0.15, 0.2) is 0 Å². The van der Waals surface area contributed by atoms with Gasteiger partial charge in [0.2, 0.25) is 15.9 Å². The minimum absolute atomic E-state index is 0.272. The Hall–Kier alpha value is -2.43. The van der Waals surface area contributed by atoms with Crippen molar-refractivity contribution in [3.8, 4) is 11.9 Å². The Morgan fingerprint density at radius 1 is 1.28 bits per heavy atom. The zero-order valence-corrected chi connectivity index (χ0v) is 15.0. The number of aryl methyl sites for hydroxylation is 2. The fraction of sp³-hybridized carbons (Fsp3) is 0.333. The Kier molecular flexibility index (Phi) is 4.75. The normalized spacial score (nSPS) is 18.0. The lowest BCUT2D eigenvalue weighted by atomic mass is 10.2. The van der Waals surface area contributed by atoms with Gasteiger partial charge in [-0.1, -0.05) is 12.1 Å². The summed E-state index contributed by atoms with van der Waals surface area (Å²) in [4.78, 5) is 4.43. The SMILES string of the molecule is Cc1ccc(C)c(S(=O)(=O)N2CCC(Oc3cc(C#N)ccn3)C2)c1. The first-order valence-electron chi connectivity index (χ1n) is 8.00. The molecule has 1 aliphatic rings. The van der Waals surface area contributed by atoms with Crippen LogP contribution in [-0.2, 0) is 10.0 Å². The second-order valence-corrected chi connectivity index (χ2v) is 8.06. The smallest absolute Gasteiger partial charge is 0.243 e. The number of hydrogen-bond donors (Lipinski definition) is 0. The van der Waals surface area contributed by atoms with E-state index in [4.69, 9.17) is 10.00 Å². The Labute approximate surface area is 147 Å². The van der Waals surface area contributed by atoms with Gasteiger partial charge in [0.05, 0.1) is 23.1 Å². The van der Waals surface area contributed by atoms with Gasteiger partial charge in [-0.15, -0.1) is 0 Å². The number of pyridine rings is 1. The predicted octanol–water partition coefficient (Wildman–Crippen LogP) is 2.41. The second-order valence-electron chi connectivity index (χ2n) is 6.16. The van der Waals surface area contributed by atoms with Gasteiger partial charge in [-0.25, -0.2) is 13.4 Å². The van der Waals surface area contributed by atoms with Gasteiger partial charge in [-0.3, -0.25) is 0 Å². The summed E-state index contributed by atoms with van der Waals surface area (Å²) in [5, 5.41) is 8.93. The molecule has 0 radical (unpaired) electrons. The molecule has 130 valence electrons. The van der Waals surface area contributed by atoms with Crippen LogP contribution in [0.2, 0.25) is 0 Å². The number of sulfonamides is 1. The van der Waals surface area contributed by atoms with Crippen LogP contribution in [0.3, 0.4) is 0 Å². The maximum absolute atomic E-state index is 12.9. The minimum Gasteiger partial charge on any atom is -0.473 e. The van der Waals surface area contributed by atoms with Gasteiger partial charge < -0.3 is 4.74 Å². The molecule has 2 heterocycles. The summed E-state index contributed by atoms with van der Waals surface area (Å²) >= 11 is 0. The highest BCUT2D eigenvalue weighted by molar-refractivity contribution is 7.89. The minimum atomic E-state index is -3.55. The lowest BCUT2D eigenvalue weighted by Crippen LogP contribution is -2.31. The fourth-order valence-corrected chi connectivity index (χ4v) is 4.65. The van der Waals surface area contributed by atoms with Gasteiger partial charge in [-0.05, 0) is 43.5 Å². The molecular formula is C18H19N3O3S. The largest absolute Gasteiger partial charge is 0.473 e. The van der Waals surface area contributed by atoms with Crippen LogP contribution in [0.15, 0.2) is 41.4 Å². The second kappa shape index (κ2) is 6.82. The molecule has 1 aliphatic heterocycles. The summed E-state index contributed by atoms with van der Waals surface area (Å²) < 4.78 is 33.1. The molecule has 0 aliphatic carbocycles. The van der Waals surface area contributed by atoms with Crippen molar-refractivity contribution in [3.05, 3.63) is 53.2 Å². The van der Waals surface area contributed by atoms with Gasteiger partial charge in [-0.2, -0.15) is 9.57 Å². The highest BCUT2D eigenvalue weighted by Gasteiger charge is 2.34. The van der Waals surface area contributed by atoms with Crippen LogP contribution < -0.4 is 4.74 Å². The molecule has 1 unspecified atom stereocenters. The maximum Gasteiger partial charge on any atom is 0.243 e. The molecule has 0 N–H and O–H groups in total. The lowest BCUT2D eigenvalue weighted by Gasteiger charge is -2.18. The first kappa shape index (κ1) is 17.4. The van der Waals surface area contributed by atoms with E-state index in [-0.39, 0.29) is 12.6 Å². The molecule has 1 aromatic carbocycles. The lowest BCUT2D eigenvalue weighted by molar-refractivity contribution is 0.207. The average molecular weight is 357 g/mol. The van der Waals surface area contributed by atoms with E-state index >= 15 is 0 Å². The highest BCUT2D eigenvalue weighted by Crippen LogP contribution is 2.26. The molecule has 0 bridgehead atoms. The molecule has 1 aromatic heterocycles. The van der Waals surface area contributed by atoms with E-state index in [1.54, 1.807) is 25.1 Å². The molecule has 25 heavy (non-hydrogen) atoms. The monoisotopic (exact) mass is 357 g/mol. The van der Waals surface area contributed by atoms with Crippen LogP contribution >= 0.6 is 0 Å². The number of benzene rings is 1. The summed E-state index contributed by atoms with van der Waals surface area (Å²) in [5.41, 5.74) is 2.11. The number of nitrogens with zero attached hydrogens (tertiary/aromatic N) is 3. The van der Waals surface area contributed by atoms with Gasteiger partial charge in [0.25, 0.3) is 0 Å². The first-order valence-corrected chi connectivity index (χ1v) is 9.44. The van der Waals surface area contributed by atoms with Gasteiger partial charge >= 0.3 is 0 Å². The number of ether oxygens (including phenoxy) is 1. The number of nitriles is 1. The van der Waals surface area contributed by atoms with Gasteiger partial charge in [0.1, 0.15) is 6.10 Å². The zero-order chi connectivity index (χ0) is 18.0. The number of rotatable bonds is 4. The molecule has 2 aromatic rings. The first-order chi connectivity index (χ1) is 11.9. The Bertz CT molecular complexity index is 935. The van der Waals surface area contributed by atoms with E-state index in [1.807, 2.05) is 25.1 Å². The average Bonchev–Trinajstić information content (AvgIpc) is 3.06. The van der Waals surface area contributed by atoms with Crippen molar-refractivity contribution in [1.29, 1.82) is 5.26 Å². The van der Waals surface area contributed by atoms with Crippen LogP contribution in [0.25, 0.3) is 0 Å². The summed E-state index contributed by atoms with van der Waals surface area (Å²) in [6.45, 7) is 4.35. The molecule has 0 spiro atoms. The summed E-state index contributed by atoms with van der Waals surface area (Å²) in [7, 11) is -3.55. The van der Waals surface area contributed by atoms with Crippen molar-refractivity contribution < 1.29 is 13.2 Å². The van der Waals surface area contributed by atoms with Crippen LogP contribution in [0.4, 0.5) is 0 Å². The molecule has 1 saturated heterocycles. The van der Waals surface area contributed by atoms with E-state index in [0.29, 0.717) is 29.3 Å². The molecular weight excluding hydrogens is 338 g/mol. The van der Waals surface area contributed by atoms with Crippen molar-refractivity contribution in [2.45, 2.75) is 31.3 Å².